The largest absolute Gasteiger partial charge is 0.303 e. The van der Waals surface area contributed by atoms with E-state index < -0.39 is 0 Å². The fraction of sp³-hybridized carbons (Fsp3) is 0.963. The Morgan fingerprint density at radius 1 is 0.750 bits per heavy atom. The SMILES string of the molecule is CC1CCC2(C=O)CCC3C(CCC4C3(C)CCC3C(C)(C)CCCC34C)C12. The van der Waals surface area contributed by atoms with Gasteiger partial charge in [-0.1, -0.05) is 41.0 Å². The number of carbonyl (C=O) groups is 1. The van der Waals surface area contributed by atoms with E-state index in [4.69, 9.17) is 0 Å². The number of rotatable bonds is 1. The van der Waals surface area contributed by atoms with Crippen molar-refractivity contribution in [2.75, 3.05) is 0 Å². The van der Waals surface area contributed by atoms with E-state index in [1.165, 1.54) is 76.9 Å². The molecule has 5 saturated carbocycles. The summed E-state index contributed by atoms with van der Waals surface area (Å²) in [6, 6.07) is 0. The number of hydrogen-bond acceptors (Lipinski definition) is 1. The summed E-state index contributed by atoms with van der Waals surface area (Å²) in [5.74, 6) is 5.00. The summed E-state index contributed by atoms with van der Waals surface area (Å²) in [6.07, 6.45) is 16.5. The van der Waals surface area contributed by atoms with Crippen molar-refractivity contribution in [2.24, 2.45) is 57.2 Å². The van der Waals surface area contributed by atoms with E-state index in [2.05, 4.69) is 34.6 Å². The minimum absolute atomic E-state index is 0.0533. The van der Waals surface area contributed by atoms with Crippen molar-refractivity contribution < 1.29 is 4.79 Å². The van der Waals surface area contributed by atoms with Gasteiger partial charge in [0.1, 0.15) is 6.29 Å². The number of hydrogen-bond donors (Lipinski definition) is 0. The van der Waals surface area contributed by atoms with E-state index in [1.54, 1.807) is 0 Å². The fourth-order valence-corrected chi connectivity index (χ4v) is 11.0. The molecule has 1 nitrogen and oxygen atoms in total. The molecule has 0 amide bonds. The van der Waals surface area contributed by atoms with Gasteiger partial charge in [-0.15, -0.1) is 0 Å². The van der Waals surface area contributed by atoms with Crippen LogP contribution in [0.5, 0.6) is 0 Å². The van der Waals surface area contributed by atoms with Gasteiger partial charge in [0, 0.05) is 5.41 Å². The highest BCUT2D eigenvalue weighted by atomic mass is 16.1. The van der Waals surface area contributed by atoms with E-state index in [1.807, 2.05) is 0 Å². The van der Waals surface area contributed by atoms with E-state index >= 15 is 0 Å². The molecule has 9 atom stereocenters. The highest BCUT2D eigenvalue weighted by molar-refractivity contribution is 5.61. The molecule has 5 rings (SSSR count). The summed E-state index contributed by atoms with van der Waals surface area (Å²) in [7, 11) is 0. The predicted molar refractivity (Wildman–Crippen MR) is 116 cm³/mol. The van der Waals surface area contributed by atoms with Crippen molar-refractivity contribution in [1.82, 2.24) is 0 Å². The topological polar surface area (TPSA) is 17.1 Å². The Bertz CT molecular complexity index is 651. The first-order valence-corrected chi connectivity index (χ1v) is 12.6. The Morgan fingerprint density at radius 2 is 1.50 bits per heavy atom. The fourth-order valence-electron chi connectivity index (χ4n) is 11.0. The molecule has 0 aromatic carbocycles. The second kappa shape index (κ2) is 6.10. The highest BCUT2D eigenvalue weighted by Gasteiger charge is 2.65. The quantitative estimate of drug-likeness (QED) is 0.434. The molecule has 0 spiro atoms. The summed E-state index contributed by atoms with van der Waals surface area (Å²) in [5.41, 5.74) is 1.67. The third-order valence-corrected chi connectivity index (χ3v) is 12.0. The van der Waals surface area contributed by atoms with Gasteiger partial charge in [0.05, 0.1) is 0 Å². The maximum atomic E-state index is 12.3. The molecule has 5 aliphatic rings. The summed E-state index contributed by atoms with van der Waals surface area (Å²) in [5, 5.41) is 0. The first kappa shape index (κ1) is 19.6. The smallest absolute Gasteiger partial charge is 0.126 e. The summed E-state index contributed by atoms with van der Waals surface area (Å²) in [4.78, 5) is 12.3. The van der Waals surface area contributed by atoms with Crippen molar-refractivity contribution >= 4 is 6.29 Å². The van der Waals surface area contributed by atoms with Crippen LogP contribution in [0, 0.1) is 57.2 Å². The lowest BCUT2D eigenvalue weighted by Gasteiger charge is -2.68. The Hall–Kier alpha value is -0.330. The summed E-state index contributed by atoms with van der Waals surface area (Å²) in [6.45, 7) is 13.0. The van der Waals surface area contributed by atoms with Crippen LogP contribution in [0.15, 0.2) is 0 Å². The van der Waals surface area contributed by atoms with Crippen LogP contribution in [-0.4, -0.2) is 6.29 Å². The maximum absolute atomic E-state index is 12.3. The first-order valence-electron chi connectivity index (χ1n) is 12.6. The van der Waals surface area contributed by atoms with E-state index in [0.29, 0.717) is 22.2 Å². The average molecular weight is 385 g/mol. The Balaban J connectivity index is 1.50. The molecular weight excluding hydrogens is 340 g/mol. The molecule has 5 aliphatic carbocycles. The van der Waals surface area contributed by atoms with Gasteiger partial charge < -0.3 is 4.79 Å². The van der Waals surface area contributed by atoms with Crippen LogP contribution in [0.4, 0.5) is 0 Å². The standard InChI is InChI=1S/C27H44O/c1-18-9-15-27(17-28)16-10-20-19(23(18)27)7-8-22-25(20,4)14-11-21-24(2,3)12-6-13-26(21,22)5/h17-23H,6-16H2,1-5H3. The van der Waals surface area contributed by atoms with E-state index in [0.717, 1.165) is 29.6 Å². The molecule has 0 saturated heterocycles. The summed E-state index contributed by atoms with van der Waals surface area (Å²) < 4.78 is 0. The van der Waals surface area contributed by atoms with Crippen molar-refractivity contribution in [2.45, 2.75) is 105 Å². The Kier molecular flexibility index (Phi) is 4.28. The zero-order valence-corrected chi connectivity index (χ0v) is 19.2. The molecule has 0 aromatic heterocycles. The molecule has 0 radical (unpaired) electrons. The number of fused-ring (bicyclic) bond motifs is 7. The Labute approximate surface area is 173 Å². The van der Waals surface area contributed by atoms with Crippen LogP contribution in [-0.2, 0) is 4.79 Å². The predicted octanol–water partition coefficient (Wildman–Crippen LogP) is 7.29. The van der Waals surface area contributed by atoms with Crippen LogP contribution in [0.1, 0.15) is 105 Å². The number of carbonyl (C=O) groups excluding carboxylic acids is 1. The lowest BCUT2D eigenvalue weighted by atomic mass is 9.36. The lowest BCUT2D eigenvalue weighted by Crippen LogP contribution is -2.61. The minimum Gasteiger partial charge on any atom is -0.303 e. The zero-order chi connectivity index (χ0) is 19.9. The number of aldehydes is 1. The van der Waals surface area contributed by atoms with Crippen LogP contribution in [0.2, 0.25) is 0 Å². The molecule has 158 valence electrons. The molecule has 9 unspecified atom stereocenters. The highest BCUT2D eigenvalue weighted by Crippen LogP contribution is 2.73. The van der Waals surface area contributed by atoms with Gasteiger partial charge in [-0.3, -0.25) is 0 Å². The second-order valence-electron chi connectivity index (χ2n) is 13.3. The molecule has 0 N–H and O–H groups in total. The van der Waals surface area contributed by atoms with Crippen molar-refractivity contribution in [3.8, 4) is 0 Å². The normalized spacial score (nSPS) is 57.5. The van der Waals surface area contributed by atoms with Crippen molar-refractivity contribution in [1.29, 1.82) is 0 Å². The van der Waals surface area contributed by atoms with Crippen LogP contribution >= 0.6 is 0 Å². The van der Waals surface area contributed by atoms with Gasteiger partial charge in [0.25, 0.3) is 0 Å². The van der Waals surface area contributed by atoms with Gasteiger partial charge in [-0.25, -0.2) is 0 Å². The molecule has 28 heavy (non-hydrogen) atoms. The summed E-state index contributed by atoms with van der Waals surface area (Å²) >= 11 is 0. The van der Waals surface area contributed by atoms with Gasteiger partial charge in [-0.05, 0) is 116 Å². The van der Waals surface area contributed by atoms with Gasteiger partial charge in [0.2, 0.25) is 0 Å². The minimum atomic E-state index is 0.0533. The average Bonchev–Trinajstić information content (AvgIpc) is 2.98. The second-order valence-corrected chi connectivity index (χ2v) is 13.3. The van der Waals surface area contributed by atoms with E-state index in [-0.39, 0.29) is 5.41 Å². The van der Waals surface area contributed by atoms with Crippen LogP contribution in [0.25, 0.3) is 0 Å². The van der Waals surface area contributed by atoms with Crippen LogP contribution < -0.4 is 0 Å². The van der Waals surface area contributed by atoms with Crippen molar-refractivity contribution in [3.63, 3.8) is 0 Å². The van der Waals surface area contributed by atoms with Gasteiger partial charge >= 0.3 is 0 Å². The van der Waals surface area contributed by atoms with Crippen LogP contribution in [0.3, 0.4) is 0 Å². The monoisotopic (exact) mass is 384 g/mol. The Morgan fingerprint density at radius 3 is 2.25 bits per heavy atom. The van der Waals surface area contributed by atoms with Gasteiger partial charge in [-0.2, -0.15) is 0 Å². The van der Waals surface area contributed by atoms with E-state index in [9.17, 15) is 4.79 Å². The lowest BCUT2D eigenvalue weighted by molar-refractivity contribution is -0.196. The molecule has 0 aromatic rings. The molecule has 5 fully saturated rings. The zero-order valence-electron chi connectivity index (χ0n) is 19.2. The first-order chi connectivity index (χ1) is 13.2. The third kappa shape index (κ3) is 2.34. The molecule has 0 bridgehead atoms. The molecular formula is C27H44O. The molecule has 1 heteroatoms. The maximum Gasteiger partial charge on any atom is 0.126 e. The van der Waals surface area contributed by atoms with Crippen molar-refractivity contribution in [3.05, 3.63) is 0 Å². The molecule has 0 heterocycles. The van der Waals surface area contributed by atoms with Gasteiger partial charge in [0.15, 0.2) is 0 Å². The third-order valence-electron chi connectivity index (χ3n) is 12.0. The molecule has 0 aliphatic heterocycles.